The summed E-state index contributed by atoms with van der Waals surface area (Å²) in [5.74, 6) is -1.00. The molecular weight excluding hydrogens is 440 g/mol. The van der Waals surface area contributed by atoms with E-state index >= 15 is 0 Å². The first-order valence-corrected chi connectivity index (χ1v) is 13.0. The van der Waals surface area contributed by atoms with Crippen LogP contribution in [-0.4, -0.2) is 52.2 Å². The van der Waals surface area contributed by atoms with Gasteiger partial charge in [0.05, 0.1) is 15.5 Å². The zero-order valence-electron chi connectivity index (χ0n) is 17.2. The van der Waals surface area contributed by atoms with Gasteiger partial charge in [-0.3, -0.25) is 9.59 Å². The first-order valence-electron chi connectivity index (χ1n) is 9.71. The average molecular weight is 465 g/mol. The highest BCUT2D eigenvalue weighted by atomic mass is 32.2. The molecule has 0 atom stereocenters. The van der Waals surface area contributed by atoms with Crippen molar-refractivity contribution < 1.29 is 26.4 Å². The second-order valence-corrected chi connectivity index (χ2v) is 11.4. The van der Waals surface area contributed by atoms with Crippen LogP contribution in [0.1, 0.15) is 30.1 Å². The number of nitrogens with zero attached hydrogens (tertiary/aromatic N) is 1. The minimum Gasteiger partial charge on any atom is -0.325 e. The lowest BCUT2D eigenvalue weighted by atomic mass is 9.97. The molecule has 1 N–H and O–H groups in total. The maximum atomic E-state index is 12.9. The molecule has 1 saturated heterocycles. The third kappa shape index (κ3) is 5.20. The van der Waals surface area contributed by atoms with Crippen LogP contribution in [0, 0.1) is 5.92 Å². The van der Waals surface area contributed by atoms with E-state index in [0.29, 0.717) is 18.4 Å². The van der Waals surface area contributed by atoms with Crippen LogP contribution in [0.15, 0.2) is 58.3 Å². The Balaban J connectivity index is 1.69. The number of sulfone groups is 1. The zero-order valence-corrected chi connectivity index (χ0v) is 18.9. The maximum Gasteiger partial charge on any atom is 0.243 e. The quantitative estimate of drug-likeness (QED) is 0.656. The molecule has 0 bridgehead atoms. The van der Waals surface area contributed by atoms with E-state index in [9.17, 15) is 26.4 Å². The summed E-state index contributed by atoms with van der Waals surface area (Å²) in [5, 5.41) is 2.67. The molecule has 1 fully saturated rings. The van der Waals surface area contributed by atoms with E-state index in [1.165, 1.54) is 41.6 Å². The van der Waals surface area contributed by atoms with Crippen molar-refractivity contribution in [1.82, 2.24) is 4.31 Å². The molecule has 166 valence electrons. The average Bonchev–Trinajstić information content (AvgIpc) is 2.73. The van der Waals surface area contributed by atoms with Crippen LogP contribution in [0.4, 0.5) is 5.69 Å². The minimum atomic E-state index is -3.78. The van der Waals surface area contributed by atoms with Crippen molar-refractivity contribution >= 4 is 37.2 Å². The fourth-order valence-corrected chi connectivity index (χ4v) is 5.87. The van der Waals surface area contributed by atoms with Crippen LogP contribution in [0.5, 0.6) is 0 Å². The Hall–Kier alpha value is -2.56. The maximum absolute atomic E-state index is 12.9. The number of Topliss-reactive ketones (excluding diaryl/α,β-unsaturated/α-hetero) is 1. The number of ketones is 1. The largest absolute Gasteiger partial charge is 0.325 e. The fourth-order valence-electron chi connectivity index (χ4n) is 3.51. The predicted molar refractivity (Wildman–Crippen MR) is 116 cm³/mol. The van der Waals surface area contributed by atoms with E-state index in [0.717, 1.165) is 6.26 Å². The van der Waals surface area contributed by atoms with Gasteiger partial charge in [0.15, 0.2) is 15.6 Å². The van der Waals surface area contributed by atoms with Gasteiger partial charge in [0.1, 0.15) is 0 Å². The van der Waals surface area contributed by atoms with Gasteiger partial charge in [0.25, 0.3) is 0 Å². The molecule has 1 amide bonds. The summed E-state index contributed by atoms with van der Waals surface area (Å²) < 4.78 is 51.0. The Morgan fingerprint density at radius 2 is 1.61 bits per heavy atom. The van der Waals surface area contributed by atoms with E-state index in [1.54, 1.807) is 18.2 Å². The van der Waals surface area contributed by atoms with Gasteiger partial charge < -0.3 is 5.32 Å². The molecule has 0 aliphatic carbocycles. The Labute approximate surface area is 182 Å². The Bertz CT molecular complexity index is 1210. The smallest absolute Gasteiger partial charge is 0.243 e. The molecule has 0 spiro atoms. The van der Waals surface area contributed by atoms with Crippen LogP contribution in [0.2, 0.25) is 0 Å². The normalized spacial score (nSPS) is 16.1. The van der Waals surface area contributed by atoms with Gasteiger partial charge in [-0.1, -0.05) is 24.3 Å². The number of hydrogen-bond donors (Lipinski definition) is 1. The summed E-state index contributed by atoms with van der Waals surface area (Å²) in [4.78, 5) is 24.3. The van der Waals surface area contributed by atoms with Crippen molar-refractivity contribution in [3.8, 4) is 0 Å². The number of benzene rings is 2. The third-order valence-corrected chi connectivity index (χ3v) is 8.30. The number of rotatable bonds is 6. The number of sulfonamides is 1. The minimum absolute atomic E-state index is 0.0358. The molecule has 1 aliphatic rings. The lowest BCUT2D eigenvalue weighted by Gasteiger charge is -2.30. The van der Waals surface area contributed by atoms with Gasteiger partial charge in [-0.2, -0.15) is 4.31 Å². The van der Waals surface area contributed by atoms with Gasteiger partial charge in [0.2, 0.25) is 15.9 Å². The van der Waals surface area contributed by atoms with E-state index < -0.39 is 25.8 Å². The van der Waals surface area contributed by atoms with Gasteiger partial charge in [-0.25, -0.2) is 16.8 Å². The molecule has 10 heteroatoms. The van der Waals surface area contributed by atoms with E-state index in [4.69, 9.17) is 0 Å². The van der Waals surface area contributed by atoms with Crippen molar-refractivity contribution in [3.63, 3.8) is 0 Å². The lowest BCUT2D eigenvalue weighted by Crippen LogP contribution is -2.41. The first kappa shape index (κ1) is 23.1. The molecule has 2 aromatic carbocycles. The van der Waals surface area contributed by atoms with E-state index in [2.05, 4.69) is 5.32 Å². The number of para-hydroxylation sites is 1. The monoisotopic (exact) mass is 464 g/mol. The topological polar surface area (TPSA) is 118 Å². The van der Waals surface area contributed by atoms with Crippen molar-refractivity contribution in [2.45, 2.75) is 29.6 Å². The second kappa shape index (κ2) is 8.89. The summed E-state index contributed by atoms with van der Waals surface area (Å²) in [6.45, 7) is 1.68. The molecule has 0 aromatic heterocycles. The Morgan fingerprint density at radius 3 is 2.23 bits per heavy atom. The van der Waals surface area contributed by atoms with Gasteiger partial charge in [0, 0.05) is 30.8 Å². The molecule has 2 aromatic rings. The van der Waals surface area contributed by atoms with Crippen molar-refractivity contribution in [2.24, 2.45) is 5.92 Å². The van der Waals surface area contributed by atoms with Gasteiger partial charge in [-0.15, -0.1) is 0 Å². The number of nitrogens with one attached hydrogen (secondary N) is 1. The highest BCUT2D eigenvalue weighted by Gasteiger charge is 2.32. The molecule has 8 nitrogen and oxygen atoms in total. The first-order chi connectivity index (χ1) is 14.5. The molecular formula is C21H24N2O6S2. The Kier molecular flexibility index (Phi) is 6.63. The molecule has 0 radical (unpaired) electrons. The van der Waals surface area contributed by atoms with E-state index in [1.807, 2.05) is 0 Å². The third-order valence-electron chi connectivity index (χ3n) is 5.25. The Morgan fingerprint density at radius 1 is 0.968 bits per heavy atom. The van der Waals surface area contributed by atoms with Crippen LogP contribution < -0.4 is 5.32 Å². The number of anilines is 1. The summed E-state index contributed by atoms with van der Waals surface area (Å²) in [6.07, 6.45) is 1.68. The van der Waals surface area contributed by atoms with Crippen LogP contribution >= 0.6 is 0 Å². The SMILES string of the molecule is CC(=O)c1cccc(S(=O)(=O)N2CCC(C(=O)Nc3ccccc3S(C)(=O)=O)CC2)c1. The van der Waals surface area contributed by atoms with Crippen LogP contribution in [-0.2, 0) is 24.7 Å². The highest BCUT2D eigenvalue weighted by molar-refractivity contribution is 7.91. The zero-order chi connectivity index (χ0) is 22.8. The summed E-state index contributed by atoms with van der Waals surface area (Å²) >= 11 is 0. The molecule has 0 saturated carbocycles. The van der Waals surface area contributed by atoms with Crippen molar-refractivity contribution in [2.75, 3.05) is 24.7 Å². The van der Waals surface area contributed by atoms with E-state index in [-0.39, 0.29) is 40.3 Å². The van der Waals surface area contributed by atoms with Gasteiger partial charge in [-0.05, 0) is 44.0 Å². The van der Waals surface area contributed by atoms with Crippen molar-refractivity contribution in [3.05, 3.63) is 54.1 Å². The fraction of sp³-hybridized carbons (Fsp3) is 0.333. The summed E-state index contributed by atoms with van der Waals surface area (Å²) in [7, 11) is -7.29. The van der Waals surface area contributed by atoms with Crippen LogP contribution in [0.25, 0.3) is 0 Å². The summed E-state index contributed by atoms with van der Waals surface area (Å²) in [6, 6.07) is 12.1. The van der Waals surface area contributed by atoms with Crippen molar-refractivity contribution in [1.29, 1.82) is 0 Å². The highest BCUT2D eigenvalue weighted by Crippen LogP contribution is 2.27. The standard InChI is InChI=1S/C21H24N2O6S2/c1-15(24)17-6-5-7-18(14-17)31(28,29)23-12-10-16(11-13-23)21(25)22-19-8-3-4-9-20(19)30(2,26)27/h3-9,14,16H,10-13H2,1-2H3,(H,22,25). The second-order valence-electron chi connectivity index (χ2n) is 7.52. The van der Waals surface area contributed by atoms with Crippen LogP contribution in [0.3, 0.4) is 0 Å². The summed E-state index contributed by atoms with van der Waals surface area (Å²) in [5.41, 5.74) is 0.533. The predicted octanol–water partition coefficient (Wildman–Crippen LogP) is 2.33. The number of carbonyl (C=O) groups is 2. The number of carbonyl (C=O) groups excluding carboxylic acids is 2. The number of hydrogen-bond acceptors (Lipinski definition) is 6. The molecule has 0 unspecified atom stereocenters. The number of amides is 1. The molecule has 3 rings (SSSR count). The van der Waals surface area contributed by atoms with Gasteiger partial charge >= 0.3 is 0 Å². The number of piperidine rings is 1. The molecule has 1 heterocycles. The molecule has 1 aliphatic heterocycles. The lowest BCUT2D eigenvalue weighted by molar-refractivity contribution is -0.120. The molecule has 31 heavy (non-hydrogen) atoms.